The summed E-state index contributed by atoms with van der Waals surface area (Å²) >= 11 is 0. The third-order valence-corrected chi connectivity index (χ3v) is 8.74. The van der Waals surface area contributed by atoms with Gasteiger partial charge in [0.25, 0.3) is 0 Å². The summed E-state index contributed by atoms with van der Waals surface area (Å²) in [7, 11) is 0. The van der Waals surface area contributed by atoms with Gasteiger partial charge in [-0.05, 0) is 50.7 Å². The average molecular weight is 627 g/mol. The fraction of sp³-hybridized carbons (Fsp3) is 0.756. The average Bonchev–Trinajstić information content (AvgIpc) is 3.05. The first-order chi connectivity index (χ1) is 22.2. The molecule has 0 fully saturated rings. The number of hydrogen-bond acceptors (Lipinski definition) is 4. The van der Waals surface area contributed by atoms with Crippen LogP contribution in [0.15, 0.2) is 42.5 Å². The van der Waals surface area contributed by atoms with Crippen LogP contribution in [0.4, 0.5) is 0 Å². The first kappa shape index (κ1) is 40.9. The van der Waals surface area contributed by atoms with E-state index in [1.54, 1.807) is 0 Å². The lowest BCUT2D eigenvalue weighted by atomic mass is 10.0. The van der Waals surface area contributed by atoms with Crippen molar-refractivity contribution in [3.63, 3.8) is 0 Å². The molecule has 0 aliphatic heterocycles. The molecule has 1 atom stereocenters. The van der Waals surface area contributed by atoms with Gasteiger partial charge in [-0.2, -0.15) is 0 Å². The van der Waals surface area contributed by atoms with Gasteiger partial charge >= 0.3 is 11.9 Å². The highest BCUT2D eigenvalue weighted by atomic mass is 16.5. The molecule has 0 amide bonds. The Balaban J connectivity index is 1.95. The van der Waals surface area contributed by atoms with Gasteiger partial charge in [0.15, 0.2) is 0 Å². The van der Waals surface area contributed by atoms with Gasteiger partial charge in [0.1, 0.15) is 6.10 Å². The molecule has 0 radical (unpaired) electrons. The van der Waals surface area contributed by atoms with E-state index in [1.807, 2.05) is 30.3 Å². The van der Waals surface area contributed by atoms with Crippen LogP contribution in [0.2, 0.25) is 0 Å². The van der Waals surface area contributed by atoms with Gasteiger partial charge in [0.2, 0.25) is 0 Å². The van der Waals surface area contributed by atoms with E-state index >= 15 is 0 Å². The van der Waals surface area contributed by atoms with Crippen LogP contribution in [-0.2, 0) is 14.3 Å². The number of rotatable bonds is 32. The smallest absolute Gasteiger partial charge is 0.338 e. The highest BCUT2D eigenvalue weighted by Gasteiger charge is 2.14. The highest BCUT2D eigenvalue weighted by molar-refractivity contribution is 5.89. The molecule has 4 heteroatoms. The Morgan fingerprint density at radius 1 is 0.600 bits per heavy atom. The highest BCUT2D eigenvalue weighted by Crippen LogP contribution is 2.16. The summed E-state index contributed by atoms with van der Waals surface area (Å²) < 4.78 is 11.3. The van der Waals surface area contributed by atoms with Crippen LogP contribution in [0.25, 0.3) is 0 Å². The third-order valence-electron chi connectivity index (χ3n) is 8.74. The maximum Gasteiger partial charge on any atom is 0.338 e. The lowest BCUT2D eigenvalue weighted by Gasteiger charge is -2.16. The zero-order valence-corrected chi connectivity index (χ0v) is 29.6. The summed E-state index contributed by atoms with van der Waals surface area (Å²) in [6.07, 6.45) is 36.7. The molecule has 1 aromatic carbocycles. The molecular formula is C41H70O4. The summed E-state index contributed by atoms with van der Waals surface area (Å²) in [5.41, 5.74) is 0.623. The van der Waals surface area contributed by atoms with E-state index in [9.17, 15) is 9.59 Å². The van der Waals surface area contributed by atoms with Gasteiger partial charge in [0, 0.05) is 12.8 Å². The van der Waals surface area contributed by atoms with Crippen molar-refractivity contribution in [1.29, 1.82) is 0 Å². The fourth-order valence-corrected chi connectivity index (χ4v) is 5.80. The zero-order valence-electron chi connectivity index (χ0n) is 29.6. The van der Waals surface area contributed by atoms with Crippen LogP contribution in [0, 0.1) is 0 Å². The van der Waals surface area contributed by atoms with Gasteiger partial charge < -0.3 is 9.47 Å². The number of hydrogen-bond donors (Lipinski definition) is 0. The maximum absolute atomic E-state index is 12.5. The Hall–Kier alpha value is -2.10. The van der Waals surface area contributed by atoms with E-state index in [0.29, 0.717) is 18.6 Å². The molecule has 0 aliphatic rings. The van der Waals surface area contributed by atoms with Crippen LogP contribution < -0.4 is 0 Å². The Bertz CT molecular complexity index is 818. The molecular weight excluding hydrogens is 556 g/mol. The topological polar surface area (TPSA) is 52.6 Å². The second-order valence-electron chi connectivity index (χ2n) is 13.1. The monoisotopic (exact) mass is 627 g/mol. The molecule has 1 rings (SSSR count). The summed E-state index contributed by atoms with van der Waals surface area (Å²) in [6, 6.07) is 9.30. The largest absolute Gasteiger partial charge is 0.466 e. The lowest BCUT2D eigenvalue weighted by molar-refractivity contribution is -0.143. The van der Waals surface area contributed by atoms with Crippen molar-refractivity contribution in [2.45, 2.75) is 193 Å². The van der Waals surface area contributed by atoms with Crippen molar-refractivity contribution < 1.29 is 19.1 Å². The summed E-state index contributed by atoms with van der Waals surface area (Å²) in [5, 5.41) is 0. The van der Waals surface area contributed by atoms with Crippen molar-refractivity contribution in [1.82, 2.24) is 0 Å². The molecule has 0 N–H and O–H groups in total. The summed E-state index contributed by atoms with van der Waals surface area (Å²) in [6.45, 7) is 5.09. The second kappa shape index (κ2) is 31.9. The Labute approximate surface area is 278 Å². The van der Waals surface area contributed by atoms with Gasteiger partial charge in [-0.15, -0.1) is 0 Å². The number of carbonyl (C=O) groups is 2. The predicted molar refractivity (Wildman–Crippen MR) is 192 cm³/mol. The standard InChI is InChI=1S/C41H70O4/c1-3-5-7-9-10-11-12-13-14-15-18-21-24-31-37-44-40(42)36-30-23-20-17-16-19-22-29-35-39(34-28-8-6-4-2)45-41(43)38-32-26-25-27-33-38/h22,25-27,29,32-33,39H,3-21,23-24,28,30-31,34-37H2,1-2H3/b29-22-/t39-/m1/s1. The van der Waals surface area contributed by atoms with Crippen LogP contribution in [0.1, 0.15) is 198 Å². The first-order valence-electron chi connectivity index (χ1n) is 19.2. The Kier molecular flexibility index (Phi) is 29.0. The minimum atomic E-state index is -0.219. The van der Waals surface area contributed by atoms with Gasteiger partial charge in [-0.3, -0.25) is 4.79 Å². The SMILES string of the molecule is CCCCCCCCCCCCCCCCOC(=O)CCCCCCC/C=C\C[C@@H](CCCCCC)OC(=O)c1ccccc1. The summed E-state index contributed by atoms with van der Waals surface area (Å²) in [5.74, 6) is -0.243. The molecule has 258 valence electrons. The second-order valence-corrected chi connectivity index (χ2v) is 13.1. The molecule has 0 saturated carbocycles. The molecule has 45 heavy (non-hydrogen) atoms. The molecule has 0 aromatic heterocycles. The van der Waals surface area contributed by atoms with E-state index in [1.165, 1.54) is 109 Å². The van der Waals surface area contributed by atoms with E-state index in [4.69, 9.17) is 9.47 Å². The quantitative estimate of drug-likeness (QED) is 0.0453. The molecule has 0 unspecified atom stereocenters. The van der Waals surface area contributed by atoms with Crippen molar-refractivity contribution in [2.75, 3.05) is 6.61 Å². The van der Waals surface area contributed by atoms with Crippen LogP contribution in [0.3, 0.4) is 0 Å². The number of benzene rings is 1. The Morgan fingerprint density at radius 3 is 1.71 bits per heavy atom. The van der Waals surface area contributed by atoms with Crippen LogP contribution in [-0.4, -0.2) is 24.6 Å². The first-order valence-corrected chi connectivity index (χ1v) is 19.2. The van der Waals surface area contributed by atoms with E-state index in [0.717, 1.165) is 57.8 Å². The minimum Gasteiger partial charge on any atom is -0.466 e. The molecule has 0 heterocycles. The summed E-state index contributed by atoms with van der Waals surface area (Å²) in [4.78, 5) is 24.6. The maximum atomic E-state index is 12.5. The number of unbranched alkanes of at least 4 members (excludes halogenated alkanes) is 21. The molecule has 0 saturated heterocycles. The van der Waals surface area contributed by atoms with Gasteiger partial charge in [-0.1, -0.05) is 166 Å². The Morgan fingerprint density at radius 2 is 1.11 bits per heavy atom. The van der Waals surface area contributed by atoms with E-state index < -0.39 is 0 Å². The van der Waals surface area contributed by atoms with E-state index in [-0.39, 0.29) is 18.0 Å². The molecule has 4 nitrogen and oxygen atoms in total. The zero-order chi connectivity index (χ0) is 32.5. The predicted octanol–water partition coefficient (Wildman–Crippen LogP) is 12.9. The van der Waals surface area contributed by atoms with Gasteiger partial charge in [0.05, 0.1) is 12.2 Å². The molecule has 1 aromatic rings. The van der Waals surface area contributed by atoms with Crippen molar-refractivity contribution in [2.24, 2.45) is 0 Å². The lowest BCUT2D eigenvalue weighted by Crippen LogP contribution is -2.18. The number of ether oxygens (including phenoxy) is 2. The van der Waals surface area contributed by atoms with E-state index in [2.05, 4.69) is 26.0 Å². The van der Waals surface area contributed by atoms with Crippen molar-refractivity contribution in [3.05, 3.63) is 48.0 Å². The molecule has 0 spiro atoms. The fourth-order valence-electron chi connectivity index (χ4n) is 5.80. The molecule has 0 bridgehead atoms. The van der Waals surface area contributed by atoms with Crippen molar-refractivity contribution >= 4 is 11.9 Å². The van der Waals surface area contributed by atoms with Gasteiger partial charge in [-0.25, -0.2) is 4.79 Å². The van der Waals surface area contributed by atoms with Crippen LogP contribution in [0.5, 0.6) is 0 Å². The third kappa shape index (κ3) is 26.8. The number of allylic oxidation sites excluding steroid dienone is 1. The number of esters is 2. The van der Waals surface area contributed by atoms with Crippen LogP contribution >= 0.6 is 0 Å². The number of carbonyl (C=O) groups excluding carboxylic acids is 2. The van der Waals surface area contributed by atoms with Crippen molar-refractivity contribution in [3.8, 4) is 0 Å². The molecule has 0 aliphatic carbocycles. The minimum absolute atomic E-state index is 0.0233. The normalized spacial score (nSPS) is 12.0.